The van der Waals surface area contributed by atoms with Crippen molar-refractivity contribution in [3.63, 3.8) is 0 Å². The SMILES string of the molecule is C=CC(C)N1CCCC[C@H]1C(=O)Nc1c(C)cccc1C. The zero-order valence-corrected chi connectivity index (χ0v) is 13.4. The summed E-state index contributed by atoms with van der Waals surface area (Å²) >= 11 is 0. The van der Waals surface area contributed by atoms with Gasteiger partial charge in [0.05, 0.1) is 6.04 Å². The second-order valence-electron chi connectivity index (χ2n) is 5.98. The number of likely N-dealkylation sites (tertiary alicyclic amines) is 1. The number of carbonyl (C=O) groups excluding carboxylic acids is 1. The molecule has 1 aromatic rings. The Morgan fingerprint density at radius 2 is 2.05 bits per heavy atom. The summed E-state index contributed by atoms with van der Waals surface area (Å²) in [7, 11) is 0. The van der Waals surface area contributed by atoms with E-state index in [4.69, 9.17) is 0 Å². The molecule has 3 heteroatoms. The molecule has 114 valence electrons. The van der Waals surface area contributed by atoms with Gasteiger partial charge in [-0.2, -0.15) is 0 Å². The van der Waals surface area contributed by atoms with Crippen molar-refractivity contribution in [1.29, 1.82) is 0 Å². The van der Waals surface area contributed by atoms with Crippen LogP contribution < -0.4 is 5.32 Å². The fraction of sp³-hybridized carbons (Fsp3) is 0.500. The average molecular weight is 286 g/mol. The van der Waals surface area contributed by atoms with E-state index < -0.39 is 0 Å². The van der Waals surface area contributed by atoms with Crippen LogP contribution in [0.1, 0.15) is 37.3 Å². The zero-order valence-electron chi connectivity index (χ0n) is 13.4. The first-order valence-corrected chi connectivity index (χ1v) is 7.80. The molecule has 1 fully saturated rings. The molecule has 1 amide bonds. The third kappa shape index (κ3) is 3.53. The van der Waals surface area contributed by atoms with Gasteiger partial charge in [0.15, 0.2) is 0 Å². The van der Waals surface area contributed by atoms with Gasteiger partial charge in [-0.15, -0.1) is 6.58 Å². The lowest BCUT2D eigenvalue weighted by Gasteiger charge is -2.37. The van der Waals surface area contributed by atoms with Gasteiger partial charge in [-0.1, -0.05) is 30.7 Å². The van der Waals surface area contributed by atoms with Gasteiger partial charge in [0, 0.05) is 11.7 Å². The van der Waals surface area contributed by atoms with Gasteiger partial charge in [-0.25, -0.2) is 0 Å². The van der Waals surface area contributed by atoms with Gasteiger partial charge in [-0.05, 0) is 51.3 Å². The molecule has 0 radical (unpaired) electrons. The van der Waals surface area contributed by atoms with Crippen LogP contribution in [0.15, 0.2) is 30.9 Å². The van der Waals surface area contributed by atoms with Crippen molar-refractivity contribution >= 4 is 11.6 Å². The number of rotatable bonds is 4. The Hall–Kier alpha value is -1.61. The van der Waals surface area contributed by atoms with Crippen LogP contribution in [0.4, 0.5) is 5.69 Å². The lowest BCUT2D eigenvalue weighted by Crippen LogP contribution is -2.50. The minimum absolute atomic E-state index is 0.0502. The zero-order chi connectivity index (χ0) is 15.4. The highest BCUT2D eigenvalue weighted by atomic mass is 16.2. The Morgan fingerprint density at radius 3 is 2.67 bits per heavy atom. The van der Waals surface area contributed by atoms with E-state index in [0.717, 1.165) is 42.6 Å². The molecule has 0 aliphatic carbocycles. The maximum atomic E-state index is 12.7. The van der Waals surface area contributed by atoms with Crippen molar-refractivity contribution in [2.75, 3.05) is 11.9 Å². The molecule has 1 N–H and O–H groups in total. The topological polar surface area (TPSA) is 32.3 Å². The van der Waals surface area contributed by atoms with Crippen molar-refractivity contribution in [2.45, 2.75) is 52.1 Å². The Bertz CT molecular complexity index is 504. The van der Waals surface area contributed by atoms with Crippen molar-refractivity contribution in [3.05, 3.63) is 42.0 Å². The highest BCUT2D eigenvalue weighted by Gasteiger charge is 2.31. The predicted octanol–water partition coefficient (Wildman–Crippen LogP) is 3.67. The second kappa shape index (κ2) is 6.90. The summed E-state index contributed by atoms with van der Waals surface area (Å²) in [5.41, 5.74) is 3.18. The Kier molecular flexibility index (Phi) is 5.18. The molecule has 2 rings (SSSR count). The third-order valence-electron chi connectivity index (χ3n) is 4.44. The Morgan fingerprint density at radius 1 is 1.38 bits per heavy atom. The minimum atomic E-state index is -0.0502. The molecule has 1 saturated heterocycles. The number of benzene rings is 1. The molecule has 1 aliphatic heterocycles. The van der Waals surface area contributed by atoms with Crippen LogP contribution >= 0.6 is 0 Å². The number of nitrogens with zero attached hydrogens (tertiary/aromatic N) is 1. The van der Waals surface area contributed by atoms with Crippen molar-refractivity contribution < 1.29 is 4.79 Å². The number of aryl methyl sites for hydroxylation is 2. The molecule has 2 atom stereocenters. The molecule has 1 heterocycles. The van der Waals surface area contributed by atoms with E-state index in [2.05, 4.69) is 23.7 Å². The average Bonchev–Trinajstić information content (AvgIpc) is 2.50. The van der Waals surface area contributed by atoms with Crippen LogP contribution in [-0.4, -0.2) is 29.4 Å². The van der Waals surface area contributed by atoms with Gasteiger partial charge in [-0.3, -0.25) is 9.69 Å². The van der Waals surface area contributed by atoms with Gasteiger partial charge in [0.1, 0.15) is 0 Å². The van der Waals surface area contributed by atoms with E-state index in [-0.39, 0.29) is 18.0 Å². The molecule has 1 unspecified atom stereocenters. The van der Waals surface area contributed by atoms with E-state index in [1.807, 2.05) is 38.1 Å². The first-order chi connectivity index (χ1) is 10.0. The number of amides is 1. The largest absolute Gasteiger partial charge is 0.324 e. The molecule has 1 aromatic carbocycles. The molecule has 0 spiro atoms. The molecule has 1 aliphatic rings. The van der Waals surface area contributed by atoms with Crippen LogP contribution in [-0.2, 0) is 4.79 Å². The predicted molar refractivity (Wildman–Crippen MR) is 88.5 cm³/mol. The Balaban J connectivity index is 2.16. The number of hydrogen-bond acceptors (Lipinski definition) is 2. The minimum Gasteiger partial charge on any atom is -0.324 e. The molecule has 0 aromatic heterocycles. The molecule has 0 bridgehead atoms. The van der Waals surface area contributed by atoms with Crippen molar-refractivity contribution in [1.82, 2.24) is 4.90 Å². The molecule has 3 nitrogen and oxygen atoms in total. The monoisotopic (exact) mass is 286 g/mol. The lowest BCUT2D eigenvalue weighted by atomic mass is 9.98. The van der Waals surface area contributed by atoms with E-state index in [1.165, 1.54) is 0 Å². The molecule has 0 saturated carbocycles. The number of hydrogen-bond donors (Lipinski definition) is 1. The standard InChI is InChI=1S/C18H26N2O/c1-5-15(4)20-12-7-6-11-16(20)18(21)19-17-13(2)9-8-10-14(17)3/h5,8-10,15-16H,1,6-7,11-12H2,2-4H3,(H,19,21)/t15?,16-/m0/s1. The highest BCUT2D eigenvalue weighted by Crippen LogP contribution is 2.24. The van der Waals surface area contributed by atoms with Gasteiger partial charge < -0.3 is 5.32 Å². The number of carbonyl (C=O) groups is 1. The first kappa shape index (κ1) is 15.8. The quantitative estimate of drug-likeness (QED) is 0.857. The molecule has 21 heavy (non-hydrogen) atoms. The number of nitrogens with one attached hydrogen (secondary N) is 1. The van der Waals surface area contributed by atoms with E-state index in [1.54, 1.807) is 0 Å². The summed E-state index contributed by atoms with van der Waals surface area (Å²) in [5.74, 6) is 0.112. The maximum absolute atomic E-state index is 12.7. The molecular weight excluding hydrogens is 260 g/mol. The first-order valence-electron chi connectivity index (χ1n) is 7.80. The van der Waals surface area contributed by atoms with Crippen molar-refractivity contribution in [2.24, 2.45) is 0 Å². The van der Waals surface area contributed by atoms with E-state index in [0.29, 0.717) is 0 Å². The van der Waals surface area contributed by atoms with Crippen LogP contribution in [0.25, 0.3) is 0 Å². The van der Waals surface area contributed by atoms with Gasteiger partial charge in [0.2, 0.25) is 5.91 Å². The van der Waals surface area contributed by atoms with Crippen LogP contribution in [0.2, 0.25) is 0 Å². The molecular formula is C18H26N2O. The summed E-state index contributed by atoms with van der Waals surface area (Å²) < 4.78 is 0. The number of piperidine rings is 1. The van der Waals surface area contributed by atoms with Gasteiger partial charge in [0.25, 0.3) is 0 Å². The normalized spacial score (nSPS) is 20.8. The Labute approximate surface area is 128 Å². The number of para-hydroxylation sites is 1. The summed E-state index contributed by atoms with van der Waals surface area (Å²) in [4.78, 5) is 15.0. The van der Waals surface area contributed by atoms with Crippen molar-refractivity contribution in [3.8, 4) is 0 Å². The summed E-state index contributed by atoms with van der Waals surface area (Å²) in [5, 5.41) is 3.14. The fourth-order valence-corrected chi connectivity index (χ4v) is 3.08. The fourth-order valence-electron chi connectivity index (χ4n) is 3.08. The summed E-state index contributed by atoms with van der Waals surface area (Å²) in [6.07, 6.45) is 5.12. The highest BCUT2D eigenvalue weighted by molar-refractivity contribution is 5.96. The van der Waals surface area contributed by atoms with E-state index >= 15 is 0 Å². The summed E-state index contributed by atoms with van der Waals surface area (Å²) in [6, 6.07) is 6.28. The summed E-state index contributed by atoms with van der Waals surface area (Å²) in [6.45, 7) is 11.0. The van der Waals surface area contributed by atoms with Crippen LogP contribution in [0, 0.1) is 13.8 Å². The number of anilines is 1. The second-order valence-corrected chi connectivity index (χ2v) is 5.98. The lowest BCUT2D eigenvalue weighted by molar-refractivity contribution is -0.123. The van der Waals surface area contributed by atoms with E-state index in [9.17, 15) is 4.79 Å². The van der Waals surface area contributed by atoms with Crippen LogP contribution in [0.5, 0.6) is 0 Å². The smallest absolute Gasteiger partial charge is 0.241 e. The third-order valence-corrected chi connectivity index (χ3v) is 4.44. The maximum Gasteiger partial charge on any atom is 0.241 e. The van der Waals surface area contributed by atoms with Gasteiger partial charge >= 0.3 is 0 Å². The van der Waals surface area contributed by atoms with Crippen LogP contribution in [0.3, 0.4) is 0 Å².